The first-order valence-corrected chi connectivity index (χ1v) is 8.15. The van der Waals surface area contributed by atoms with Crippen LogP contribution >= 0.6 is 0 Å². The van der Waals surface area contributed by atoms with Gasteiger partial charge in [0.05, 0.1) is 11.0 Å². The minimum absolute atomic E-state index is 0.108. The fourth-order valence-corrected chi connectivity index (χ4v) is 4.43. The molecule has 2 aliphatic carbocycles. The van der Waals surface area contributed by atoms with E-state index in [0.717, 1.165) is 24.8 Å². The first kappa shape index (κ1) is 12.9. The molecule has 1 aromatic carbocycles. The van der Waals surface area contributed by atoms with Crippen LogP contribution in [-0.2, 0) is 14.3 Å². The summed E-state index contributed by atoms with van der Waals surface area (Å²) in [6, 6.07) is 6.65. The third-order valence-corrected chi connectivity index (χ3v) is 5.68. The molecule has 0 saturated heterocycles. The van der Waals surface area contributed by atoms with Crippen molar-refractivity contribution in [3.8, 4) is 0 Å². The predicted molar refractivity (Wildman–Crippen MR) is 74.0 cm³/mol. The van der Waals surface area contributed by atoms with E-state index in [1.807, 2.05) is 0 Å². The van der Waals surface area contributed by atoms with Crippen LogP contribution in [0.2, 0.25) is 0 Å². The first-order chi connectivity index (χ1) is 9.08. The van der Waals surface area contributed by atoms with E-state index >= 15 is 0 Å². The zero-order chi connectivity index (χ0) is 13.5. The Morgan fingerprint density at radius 2 is 1.89 bits per heavy atom. The largest absolute Gasteiger partial charge is 0.297 e. The molecule has 3 nitrogen and oxygen atoms in total. The maximum atomic E-state index is 12.2. The Labute approximate surface area is 114 Å². The second-order valence-electron chi connectivity index (χ2n) is 5.54. The fourth-order valence-electron chi connectivity index (χ4n) is 3.29. The van der Waals surface area contributed by atoms with Crippen molar-refractivity contribution in [2.75, 3.05) is 0 Å². The van der Waals surface area contributed by atoms with Crippen molar-refractivity contribution in [3.63, 3.8) is 0 Å². The fraction of sp³-hybridized carbons (Fsp3) is 0.467. The summed E-state index contributed by atoms with van der Waals surface area (Å²) in [6.45, 7) is 3.65. The lowest BCUT2D eigenvalue weighted by molar-refractivity contribution is 0.145. The van der Waals surface area contributed by atoms with Crippen LogP contribution in [-0.4, -0.2) is 14.5 Å². The highest BCUT2D eigenvalue weighted by atomic mass is 32.2. The highest BCUT2D eigenvalue weighted by Crippen LogP contribution is 2.46. The summed E-state index contributed by atoms with van der Waals surface area (Å²) in [6.07, 6.45) is 5.96. The van der Waals surface area contributed by atoms with Crippen LogP contribution in [0, 0.1) is 11.8 Å². The molecule has 0 N–H and O–H groups in total. The highest BCUT2D eigenvalue weighted by molar-refractivity contribution is 7.86. The highest BCUT2D eigenvalue weighted by Gasteiger charge is 2.42. The van der Waals surface area contributed by atoms with Crippen molar-refractivity contribution in [1.82, 2.24) is 0 Å². The van der Waals surface area contributed by atoms with Crippen molar-refractivity contribution in [3.05, 3.63) is 36.4 Å². The molecule has 0 aromatic heterocycles. The zero-order valence-electron chi connectivity index (χ0n) is 10.8. The molecule has 0 amide bonds. The Balaban J connectivity index is 1.76. The quantitative estimate of drug-likeness (QED) is 0.794. The van der Waals surface area contributed by atoms with Gasteiger partial charge in [-0.05, 0) is 55.2 Å². The Kier molecular flexibility index (Phi) is 3.23. The van der Waals surface area contributed by atoms with E-state index in [-0.39, 0.29) is 11.0 Å². The molecule has 3 rings (SSSR count). The standard InChI is InChI=1S/C15H18O3S/c1-2-11-4-7-14(8-5-11)19(16,17)18-15-10-12-3-6-13(15)9-12/h2,4-5,7-8,12-13,15H,1,3,6,9-10H2. The summed E-state index contributed by atoms with van der Waals surface area (Å²) in [7, 11) is -3.63. The number of hydrogen-bond donors (Lipinski definition) is 0. The molecule has 2 aliphatic rings. The van der Waals surface area contributed by atoms with Gasteiger partial charge in [-0.25, -0.2) is 0 Å². The molecule has 0 spiro atoms. The van der Waals surface area contributed by atoms with Crippen LogP contribution in [0.3, 0.4) is 0 Å². The van der Waals surface area contributed by atoms with Gasteiger partial charge in [0.2, 0.25) is 0 Å². The van der Waals surface area contributed by atoms with Gasteiger partial charge in [-0.2, -0.15) is 8.42 Å². The van der Waals surface area contributed by atoms with Gasteiger partial charge in [-0.3, -0.25) is 4.18 Å². The average molecular weight is 278 g/mol. The molecule has 0 aliphatic heterocycles. The number of rotatable bonds is 4. The maximum Gasteiger partial charge on any atom is 0.297 e. The van der Waals surface area contributed by atoms with E-state index in [4.69, 9.17) is 4.18 Å². The zero-order valence-corrected chi connectivity index (χ0v) is 11.6. The summed E-state index contributed by atoms with van der Waals surface area (Å²) < 4.78 is 29.9. The van der Waals surface area contributed by atoms with Gasteiger partial charge in [0, 0.05) is 0 Å². The summed E-state index contributed by atoms with van der Waals surface area (Å²) >= 11 is 0. The predicted octanol–water partition coefficient (Wildman–Crippen LogP) is 3.22. The third kappa shape index (κ3) is 2.47. The van der Waals surface area contributed by atoms with Gasteiger partial charge in [0.25, 0.3) is 10.1 Å². The van der Waals surface area contributed by atoms with Gasteiger partial charge in [-0.1, -0.05) is 24.8 Å². The Hall–Kier alpha value is -1.13. The molecular formula is C15H18O3S. The van der Waals surface area contributed by atoms with Crippen LogP contribution in [0.25, 0.3) is 6.08 Å². The first-order valence-electron chi connectivity index (χ1n) is 6.74. The Bertz CT molecular complexity index is 574. The summed E-state index contributed by atoms with van der Waals surface area (Å²) in [5, 5.41) is 0. The molecule has 2 bridgehead atoms. The van der Waals surface area contributed by atoms with E-state index in [1.165, 1.54) is 6.42 Å². The van der Waals surface area contributed by atoms with E-state index in [9.17, 15) is 8.42 Å². The topological polar surface area (TPSA) is 43.4 Å². The summed E-state index contributed by atoms with van der Waals surface area (Å²) in [4.78, 5) is 0.237. The molecular weight excluding hydrogens is 260 g/mol. The maximum absolute atomic E-state index is 12.2. The van der Waals surface area contributed by atoms with Crippen molar-refractivity contribution in [2.24, 2.45) is 11.8 Å². The van der Waals surface area contributed by atoms with Crippen LogP contribution in [0.5, 0.6) is 0 Å². The number of fused-ring (bicyclic) bond motifs is 2. The van der Waals surface area contributed by atoms with Gasteiger partial charge in [0.15, 0.2) is 0 Å². The number of benzene rings is 1. The van der Waals surface area contributed by atoms with E-state index < -0.39 is 10.1 Å². The molecule has 4 heteroatoms. The monoisotopic (exact) mass is 278 g/mol. The van der Waals surface area contributed by atoms with E-state index in [1.54, 1.807) is 30.3 Å². The van der Waals surface area contributed by atoms with Crippen molar-refractivity contribution in [2.45, 2.75) is 36.7 Å². The lowest BCUT2D eigenvalue weighted by Crippen LogP contribution is -2.24. The normalized spacial score (nSPS) is 29.6. The third-order valence-electron chi connectivity index (χ3n) is 4.33. The molecule has 2 saturated carbocycles. The van der Waals surface area contributed by atoms with Crippen LogP contribution in [0.1, 0.15) is 31.2 Å². The molecule has 2 fully saturated rings. The number of hydrogen-bond acceptors (Lipinski definition) is 3. The smallest absolute Gasteiger partial charge is 0.263 e. The van der Waals surface area contributed by atoms with Gasteiger partial charge in [0.1, 0.15) is 0 Å². The Morgan fingerprint density at radius 3 is 2.42 bits per heavy atom. The minimum atomic E-state index is -3.63. The molecule has 102 valence electrons. The van der Waals surface area contributed by atoms with E-state index in [2.05, 4.69) is 6.58 Å². The average Bonchev–Trinajstić information content (AvgIpc) is 3.00. The Morgan fingerprint density at radius 1 is 1.16 bits per heavy atom. The van der Waals surface area contributed by atoms with Crippen LogP contribution in [0.15, 0.2) is 35.7 Å². The molecule has 1 aromatic rings. The van der Waals surface area contributed by atoms with Gasteiger partial charge in [-0.15, -0.1) is 0 Å². The van der Waals surface area contributed by atoms with Gasteiger partial charge >= 0.3 is 0 Å². The SMILES string of the molecule is C=Cc1ccc(S(=O)(=O)OC2CC3CCC2C3)cc1. The van der Waals surface area contributed by atoms with Crippen LogP contribution in [0.4, 0.5) is 0 Å². The van der Waals surface area contributed by atoms with Crippen molar-refractivity contribution in [1.29, 1.82) is 0 Å². The molecule has 0 heterocycles. The molecule has 3 unspecified atom stereocenters. The van der Waals surface area contributed by atoms with E-state index in [0.29, 0.717) is 11.8 Å². The molecule has 0 radical (unpaired) electrons. The lowest BCUT2D eigenvalue weighted by atomic mass is 9.98. The summed E-state index contributed by atoms with van der Waals surface area (Å²) in [5.41, 5.74) is 0.902. The molecule has 3 atom stereocenters. The molecule has 19 heavy (non-hydrogen) atoms. The van der Waals surface area contributed by atoms with Crippen LogP contribution < -0.4 is 0 Å². The van der Waals surface area contributed by atoms with Gasteiger partial charge < -0.3 is 0 Å². The minimum Gasteiger partial charge on any atom is -0.263 e. The van der Waals surface area contributed by atoms with Crippen molar-refractivity contribution >= 4 is 16.2 Å². The lowest BCUT2D eigenvalue weighted by Gasteiger charge is -2.21. The second-order valence-corrected chi connectivity index (χ2v) is 7.11. The second kappa shape index (κ2) is 4.76. The van der Waals surface area contributed by atoms with Crippen molar-refractivity contribution < 1.29 is 12.6 Å². The summed E-state index contributed by atoms with van der Waals surface area (Å²) in [5.74, 6) is 1.11.